The second kappa shape index (κ2) is 9.48. The number of nitriles is 1. The highest BCUT2D eigenvalue weighted by molar-refractivity contribution is 5.77. The summed E-state index contributed by atoms with van der Waals surface area (Å²) in [6.07, 6.45) is 1.09. The Hall–Kier alpha value is -2.80. The lowest BCUT2D eigenvalue weighted by atomic mass is 10.1. The number of ether oxygens (including phenoxy) is 1. The highest BCUT2D eigenvalue weighted by Gasteiger charge is 2.14. The molecule has 0 aromatic heterocycles. The third-order valence-corrected chi connectivity index (χ3v) is 4.20. The van der Waals surface area contributed by atoms with Gasteiger partial charge in [-0.2, -0.15) is 5.26 Å². The van der Waals surface area contributed by atoms with Crippen LogP contribution in [0.2, 0.25) is 0 Å². The van der Waals surface area contributed by atoms with E-state index in [2.05, 4.69) is 6.07 Å². The first-order chi connectivity index (χ1) is 12.1. The number of amides is 1. The van der Waals surface area contributed by atoms with Gasteiger partial charge in [-0.25, -0.2) is 0 Å². The van der Waals surface area contributed by atoms with Crippen molar-refractivity contribution in [1.82, 2.24) is 4.90 Å². The van der Waals surface area contributed by atoms with Gasteiger partial charge in [-0.1, -0.05) is 36.4 Å². The minimum atomic E-state index is -0.0931. The molecule has 0 aliphatic heterocycles. The first-order valence-electron chi connectivity index (χ1n) is 8.49. The van der Waals surface area contributed by atoms with Gasteiger partial charge in [0.2, 0.25) is 0 Å². The maximum atomic E-state index is 12.5. The largest absolute Gasteiger partial charge is 0.484 e. The van der Waals surface area contributed by atoms with Crippen molar-refractivity contribution >= 4 is 5.91 Å². The van der Waals surface area contributed by atoms with Crippen molar-refractivity contribution in [3.8, 4) is 11.8 Å². The number of carbonyl (C=O) groups excluding carboxylic acids is 1. The van der Waals surface area contributed by atoms with E-state index in [1.54, 1.807) is 4.90 Å². The van der Waals surface area contributed by atoms with Gasteiger partial charge in [-0.15, -0.1) is 0 Å². The lowest BCUT2D eigenvalue weighted by Crippen LogP contribution is -2.37. The molecule has 0 saturated carbocycles. The van der Waals surface area contributed by atoms with E-state index in [1.165, 1.54) is 11.1 Å². The van der Waals surface area contributed by atoms with Crippen LogP contribution in [0.1, 0.15) is 23.1 Å². The normalized spacial score (nSPS) is 10.1. The minimum Gasteiger partial charge on any atom is -0.484 e. The Bertz CT molecular complexity index is 735. The first kappa shape index (κ1) is 18.5. The van der Waals surface area contributed by atoms with E-state index in [1.807, 2.05) is 62.4 Å². The van der Waals surface area contributed by atoms with E-state index in [-0.39, 0.29) is 12.5 Å². The zero-order valence-electron chi connectivity index (χ0n) is 14.9. The molecule has 2 rings (SSSR count). The highest BCUT2D eigenvalue weighted by atomic mass is 16.5. The van der Waals surface area contributed by atoms with Crippen molar-refractivity contribution in [1.29, 1.82) is 5.26 Å². The van der Waals surface area contributed by atoms with Crippen LogP contribution >= 0.6 is 0 Å². The molecule has 0 bridgehead atoms. The number of aryl methyl sites for hydroxylation is 2. The van der Waals surface area contributed by atoms with Crippen molar-refractivity contribution in [3.63, 3.8) is 0 Å². The van der Waals surface area contributed by atoms with E-state index in [4.69, 9.17) is 10.00 Å². The molecule has 0 aliphatic carbocycles. The summed E-state index contributed by atoms with van der Waals surface area (Å²) in [6, 6.07) is 17.9. The quantitative estimate of drug-likeness (QED) is 0.739. The van der Waals surface area contributed by atoms with Crippen molar-refractivity contribution in [3.05, 3.63) is 65.2 Å². The van der Waals surface area contributed by atoms with Crippen LogP contribution in [0.3, 0.4) is 0 Å². The molecule has 25 heavy (non-hydrogen) atoms. The van der Waals surface area contributed by atoms with Gasteiger partial charge in [-0.3, -0.25) is 4.79 Å². The molecule has 0 heterocycles. The Morgan fingerprint density at radius 3 is 2.52 bits per heavy atom. The average molecular weight is 336 g/mol. The van der Waals surface area contributed by atoms with Gasteiger partial charge < -0.3 is 9.64 Å². The van der Waals surface area contributed by atoms with E-state index < -0.39 is 0 Å². The summed E-state index contributed by atoms with van der Waals surface area (Å²) in [5.41, 5.74) is 3.50. The Labute approximate surface area is 149 Å². The molecule has 1 amide bonds. The Morgan fingerprint density at radius 2 is 1.84 bits per heavy atom. The fourth-order valence-electron chi connectivity index (χ4n) is 2.49. The monoisotopic (exact) mass is 336 g/mol. The lowest BCUT2D eigenvalue weighted by Gasteiger charge is -2.22. The Kier molecular flexibility index (Phi) is 7.03. The second-order valence-electron chi connectivity index (χ2n) is 6.06. The Morgan fingerprint density at radius 1 is 1.08 bits per heavy atom. The van der Waals surface area contributed by atoms with Crippen molar-refractivity contribution in [2.45, 2.75) is 26.7 Å². The summed E-state index contributed by atoms with van der Waals surface area (Å²) in [5.74, 6) is 0.601. The molecule has 2 aromatic carbocycles. The van der Waals surface area contributed by atoms with Crippen LogP contribution in [-0.2, 0) is 11.2 Å². The van der Waals surface area contributed by atoms with Gasteiger partial charge >= 0.3 is 0 Å². The predicted octanol–water partition coefficient (Wildman–Crippen LogP) is 3.67. The molecule has 0 fully saturated rings. The lowest BCUT2D eigenvalue weighted by molar-refractivity contribution is -0.133. The first-order valence-corrected chi connectivity index (χ1v) is 8.49. The van der Waals surface area contributed by atoms with Crippen molar-refractivity contribution in [2.24, 2.45) is 0 Å². The molecular weight excluding hydrogens is 312 g/mol. The molecule has 0 unspecified atom stereocenters. The van der Waals surface area contributed by atoms with Crippen LogP contribution in [0.15, 0.2) is 48.5 Å². The molecule has 0 N–H and O–H groups in total. The summed E-state index contributed by atoms with van der Waals surface area (Å²) in [7, 11) is 0. The van der Waals surface area contributed by atoms with E-state index >= 15 is 0 Å². The molecule has 0 saturated heterocycles. The molecule has 4 nitrogen and oxygen atoms in total. The number of benzene rings is 2. The van der Waals surface area contributed by atoms with Crippen molar-refractivity contribution < 1.29 is 9.53 Å². The molecule has 130 valence electrons. The molecular formula is C21H24N2O2. The third-order valence-electron chi connectivity index (χ3n) is 4.20. The average Bonchev–Trinajstić information content (AvgIpc) is 2.63. The number of hydrogen-bond donors (Lipinski definition) is 0. The van der Waals surface area contributed by atoms with Gasteiger partial charge in [0.05, 0.1) is 12.5 Å². The van der Waals surface area contributed by atoms with Gasteiger partial charge in [0, 0.05) is 13.1 Å². The van der Waals surface area contributed by atoms with Gasteiger partial charge in [-0.05, 0) is 49.1 Å². The van der Waals surface area contributed by atoms with Crippen LogP contribution in [-0.4, -0.2) is 30.5 Å². The van der Waals surface area contributed by atoms with Gasteiger partial charge in [0.25, 0.3) is 5.91 Å². The summed E-state index contributed by atoms with van der Waals surface area (Å²) in [6.45, 7) is 5.06. The summed E-state index contributed by atoms with van der Waals surface area (Å²) >= 11 is 0. The highest BCUT2D eigenvalue weighted by Crippen LogP contribution is 2.16. The number of nitrogens with zero attached hydrogens (tertiary/aromatic N) is 2. The molecule has 0 aliphatic rings. The van der Waals surface area contributed by atoms with Gasteiger partial charge in [0.1, 0.15) is 5.75 Å². The number of rotatable bonds is 8. The maximum Gasteiger partial charge on any atom is 0.260 e. The van der Waals surface area contributed by atoms with Crippen molar-refractivity contribution in [2.75, 3.05) is 19.7 Å². The number of carbonyl (C=O) groups is 1. The zero-order valence-corrected chi connectivity index (χ0v) is 14.9. The zero-order chi connectivity index (χ0) is 18.1. The maximum absolute atomic E-state index is 12.5. The molecule has 0 spiro atoms. The SMILES string of the molecule is Cc1ccc(OCC(=O)N(CCC#N)CCc2ccccc2)cc1C. The van der Waals surface area contributed by atoms with Crippen LogP contribution in [0.5, 0.6) is 5.75 Å². The van der Waals surface area contributed by atoms with E-state index in [0.717, 1.165) is 12.0 Å². The smallest absolute Gasteiger partial charge is 0.260 e. The molecule has 4 heteroatoms. The third kappa shape index (κ3) is 5.96. The van der Waals surface area contributed by atoms with Crippen LogP contribution < -0.4 is 4.74 Å². The van der Waals surface area contributed by atoms with Crippen LogP contribution in [0.25, 0.3) is 0 Å². The minimum absolute atomic E-state index is 0.0112. The van der Waals surface area contributed by atoms with E-state index in [0.29, 0.717) is 25.3 Å². The van der Waals surface area contributed by atoms with E-state index in [9.17, 15) is 4.79 Å². The number of hydrogen-bond acceptors (Lipinski definition) is 3. The molecule has 0 radical (unpaired) electrons. The standard InChI is InChI=1S/C21H24N2O2/c1-17-9-10-20(15-18(17)2)25-16-21(24)23(13-6-12-22)14-11-19-7-4-3-5-8-19/h3-5,7-10,15H,6,11,13-14,16H2,1-2H3. The second-order valence-corrected chi connectivity index (χ2v) is 6.06. The fourth-order valence-corrected chi connectivity index (χ4v) is 2.49. The van der Waals surface area contributed by atoms with Crippen LogP contribution in [0.4, 0.5) is 0 Å². The summed E-state index contributed by atoms with van der Waals surface area (Å²) < 4.78 is 5.64. The Balaban J connectivity index is 1.92. The predicted molar refractivity (Wildman–Crippen MR) is 98.4 cm³/mol. The topological polar surface area (TPSA) is 53.3 Å². The fraction of sp³-hybridized carbons (Fsp3) is 0.333. The summed E-state index contributed by atoms with van der Waals surface area (Å²) in [5, 5.41) is 8.83. The molecule has 0 atom stereocenters. The van der Waals surface area contributed by atoms with Crippen LogP contribution in [0, 0.1) is 25.2 Å². The van der Waals surface area contributed by atoms with Gasteiger partial charge in [0.15, 0.2) is 6.61 Å². The summed E-state index contributed by atoms with van der Waals surface area (Å²) in [4.78, 5) is 14.2. The molecule has 2 aromatic rings.